The first-order valence-corrected chi connectivity index (χ1v) is 8.21. The van der Waals surface area contributed by atoms with E-state index in [9.17, 15) is 8.42 Å². The van der Waals surface area contributed by atoms with E-state index < -0.39 is 10.0 Å². The molecule has 0 bridgehead atoms. The van der Waals surface area contributed by atoms with Gasteiger partial charge in [0.15, 0.2) is 0 Å². The van der Waals surface area contributed by atoms with E-state index in [1.807, 2.05) is 0 Å². The fourth-order valence-corrected chi connectivity index (χ4v) is 4.28. The summed E-state index contributed by atoms with van der Waals surface area (Å²) >= 11 is 11.8. The molecule has 114 valence electrons. The third-order valence-electron chi connectivity index (χ3n) is 2.89. The Morgan fingerprint density at radius 3 is 2.50 bits per heavy atom. The molecule has 1 rings (SSSR count). The predicted octanol–water partition coefficient (Wildman–Crippen LogP) is 2.62. The highest BCUT2D eigenvalue weighted by atomic mass is 35.5. The maximum atomic E-state index is 12.7. The molecular weight excluding hydrogens is 323 g/mol. The lowest BCUT2D eigenvalue weighted by Gasteiger charge is -2.27. The summed E-state index contributed by atoms with van der Waals surface area (Å²) in [6.45, 7) is 4.09. The van der Waals surface area contributed by atoms with Crippen molar-refractivity contribution >= 4 is 38.9 Å². The van der Waals surface area contributed by atoms with Crippen LogP contribution in [0.25, 0.3) is 0 Å². The Bertz CT molecular complexity index is 578. The standard InChI is InChI=1S/C12H18Cl2N2O3S/c1-4-16(8(2)7-19-3)20(17,18)10-6-5-9(13)12(15)11(10)14/h5-6,8H,4,7,15H2,1-3H3. The van der Waals surface area contributed by atoms with Crippen LogP contribution in [-0.2, 0) is 14.8 Å². The number of benzene rings is 1. The van der Waals surface area contributed by atoms with Gasteiger partial charge in [-0.05, 0) is 19.1 Å². The maximum Gasteiger partial charge on any atom is 0.244 e. The van der Waals surface area contributed by atoms with Crippen molar-refractivity contribution in [2.75, 3.05) is 26.0 Å². The second-order valence-corrected chi connectivity index (χ2v) is 6.93. The minimum Gasteiger partial charge on any atom is -0.396 e. The van der Waals surface area contributed by atoms with Gasteiger partial charge in [0.1, 0.15) is 4.90 Å². The zero-order valence-electron chi connectivity index (χ0n) is 11.6. The van der Waals surface area contributed by atoms with Crippen molar-refractivity contribution in [2.24, 2.45) is 0 Å². The quantitative estimate of drug-likeness (QED) is 0.808. The number of anilines is 1. The lowest BCUT2D eigenvalue weighted by Crippen LogP contribution is -2.41. The van der Waals surface area contributed by atoms with E-state index in [4.69, 9.17) is 33.7 Å². The van der Waals surface area contributed by atoms with Crippen LogP contribution in [0, 0.1) is 0 Å². The van der Waals surface area contributed by atoms with Gasteiger partial charge < -0.3 is 10.5 Å². The molecule has 0 aliphatic rings. The Balaban J connectivity index is 3.32. The van der Waals surface area contributed by atoms with Gasteiger partial charge in [-0.3, -0.25) is 0 Å². The molecule has 0 saturated heterocycles. The van der Waals surface area contributed by atoms with Crippen molar-refractivity contribution in [3.05, 3.63) is 22.2 Å². The smallest absolute Gasteiger partial charge is 0.244 e. The van der Waals surface area contributed by atoms with Crippen molar-refractivity contribution in [3.8, 4) is 0 Å². The van der Waals surface area contributed by atoms with Crippen LogP contribution in [0.5, 0.6) is 0 Å². The highest BCUT2D eigenvalue weighted by molar-refractivity contribution is 7.89. The van der Waals surface area contributed by atoms with Gasteiger partial charge in [-0.25, -0.2) is 8.42 Å². The van der Waals surface area contributed by atoms with Crippen LogP contribution in [0.2, 0.25) is 10.0 Å². The monoisotopic (exact) mass is 340 g/mol. The number of ether oxygens (including phenoxy) is 1. The zero-order chi connectivity index (χ0) is 15.5. The van der Waals surface area contributed by atoms with Crippen LogP contribution >= 0.6 is 23.2 Å². The topological polar surface area (TPSA) is 72.6 Å². The predicted molar refractivity (Wildman–Crippen MR) is 81.8 cm³/mol. The van der Waals surface area contributed by atoms with Crippen LogP contribution in [-0.4, -0.2) is 39.0 Å². The molecule has 1 unspecified atom stereocenters. The Morgan fingerprint density at radius 2 is 2.00 bits per heavy atom. The normalized spacial score (nSPS) is 13.7. The molecule has 8 heteroatoms. The molecule has 0 amide bonds. The zero-order valence-corrected chi connectivity index (χ0v) is 13.9. The first-order chi connectivity index (χ1) is 9.27. The number of methoxy groups -OCH3 is 1. The summed E-state index contributed by atoms with van der Waals surface area (Å²) in [6, 6.07) is 2.46. The molecule has 20 heavy (non-hydrogen) atoms. The maximum absolute atomic E-state index is 12.7. The van der Waals surface area contributed by atoms with Gasteiger partial charge in [0, 0.05) is 19.7 Å². The molecule has 0 radical (unpaired) electrons. The summed E-state index contributed by atoms with van der Waals surface area (Å²) in [5, 5.41) is 0.169. The number of nitrogens with zero attached hydrogens (tertiary/aromatic N) is 1. The summed E-state index contributed by atoms with van der Waals surface area (Å²) in [4.78, 5) is -0.0501. The number of halogens is 2. The third kappa shape index (κ3) is 3.38. The molecule has 0 saturated carbocycles. The Morgan fingerprint density at radius 1 is 1.40 bits per heavy atom. The first-order valence-electron chi connectivity index (χ1n) is 6.01. The molecule has 0 aliphatic carbocycles. The van der Waals surface area contributed by atoms with E-state index in [1.54, 1.807) is 13.8 Å². The van der Waals surface area contributed by atoms with Gasteiger partial charge >= 0.3 is 0 Å². The molecule has 5 nitrogen and oxygen atoms in total. The van der Waals surface area contributed by atoms with Crippen LogP contribution < -0.4 is 5.73 Å². The van der Waals surface area contributed by atoms with Crippen molar-refractivity contribution in [1.29, 1.82) is 0 Å². The largest absolute Gasteiger partial charge is 0.396 e. The number of likely N-dealkylation sites (N-methyl/N-ethyl adjacent to an activating group) is 1. The van der Waals surface area contributed by atoms with Crippen molar-refractivity contribution in [2.45, 2.75) is 24.8 Å². The SMILES string of the molecule is CCN(C(C)COC)S(=O)(=O)c1ccc(Cl)c(N)c1Cl. The van der Waals surface area contributed by atoms with Crippen LogP contribution in [0.4, 0.5) is 5.69 Å². The van der Waals surface area contributed by atoms with E-state index in [0.717, 1.165) is 0 Å². The number of nitrogens with two attached hydrogens (primary N) is 1. The molecule has 0 heterocycles. The number of hydrogen-bond donors (Lipinski definition) is 1. The fraction of sp³-hybridized carbons (Fsp3) is 0.500. The van der Waals surface area contributed by atoms with Crippen molar-refractivity contribution in [3.63, 3.8) is 0 Å². The molecular formula is C12H18Cl2N2O3S. The van der Waals surface area contributed by atoms with E-state index in [1.165, 1.54) is 23.5 Å². The summed E-state index contributed by atoms with van der Waals surface area (Å²) in [7, 11) is -2.24. The van der Waals surface area contributed by atoms with Gasteiger partial charge in [0.25, 0.3) is 0 Å². The van der Waals surface area contributed by atoms with Crippen molar-refractivity contribution < 1.29 is 13.2 Å². The average molecular weight is 341 g/mol. The first kappa shape index (κ1) is 17.5. The van der Waals surface area contributed by atoms with Crippen LogP contribution in [0.15, 0.2) is 17.0 Å². The Labute approximate surface area is 129 Å². The van der Waals surface area contributed by atoms with Gasteiger partial charge in [-0.2, -0.15) is 4.31 Å². The molecule has 0 aromatic heterocycles. The molecule has 0 aliphatic heterocycles. The summed E-state index contributed by atoms with van der Waals surface area (Å²) < 4.78 is 31.6. The van der Waals surface area contributed by atoms with Crippen molar-refractivity contribution in [1.82, 2.24) is 4.31 Å². The number of hydrogen-bond acceptors (Lipinski definition) is 4. The molecule has 1 atom stereocenters. The minimum atomic E-state index is -3.76. The van der Waals surface area contributed by atoms with E-state index in [0.29, 0.717) is 6.54 Å². The van der Waals surface area contributed by atoms with E-state index in [2.05, 4.69) is 0 Å². The minimum absolute atomic E-state index is 0.0501. The molecule has 1 aromatic carbocycles. The number of nitrogen functional groups attached to an aromatic ring is 1. The highest BCUT2D eigenvalue weighted by Gasteiger charge is 2.30. The Hall–Kier alpha value is -0.530. The Kier molecular flexibility index (Phi) is 6.09. The summed E-state index contributed by atoms with van der Waals surface area (Å²) in [5.41, 5.74) is 5.74. The van der Waals surface area contributed by atoms with Gasteiger partial charge in [0.05, 0.1) is 22.3 Å². The average Bonchev–Trinajstić information content (AvgIpc) is 2.36. The molecule has 1 aromatic rings. The van der Waals surface area contributed by atoms with Crippen LogP contribution in [0.3, 0.4) is 0 Å². The fourth-order valence-electron chi connectivity index (χ4n) is 1.92. The number of sulfonamides is 1. The molecule has 0 spiro atoms. The number of rotatable bonds is 6. The van der Waals surface area contributed by atoms with Gasteiger partial charge in [-0.1, -0.05) is 30.1 Å². The van der Waals surface area contributed by atoms with E-state index >= 15 is 0 Å². The molecule has 0 fully saturated rings. The summed E-state index contributed by atoms with van der Waals surface area (Å²) in [5.74, 6) is 0. The highest BCUT2D eigenvalue weighted by Crippen LogP contribution is 2.34. The van der Waals surface area contributed by atoms with Gasteiger partial charge in [-0.15, -0.1) is 0 Å². The lowest BCUT2D eigenvalue weighted by atomic mass is 10.3. The second-order valence-electron chi connectivity index (χ2n) is 4.29. The second kappa shape index (κ2) is 6.95. The molecule has 2 N–H and O–H groups in total. The van der Waals surface area contributed by atoms with Crippen LogP contribution in [0.1, 0.15) is 13.8 Å². The summed E-state index contributed by atoms with van der Waals surface area (Å²) in [6.07, 6.45) is 0. The van der Waals surface area contributed by atoms with E-state index in [-0.39, 0.29) is 33.3 Å². The third-order valence-corrected chi connectivity index (χ3v) is 5.87. The van der Waals surface area contributed by atoms with Gasteiger partial charge in [0.2, 0.25) is 10.0 Å². The lowest BCUT2D eigenvalue weighted by molar-refractivity contribution is 0.142.